The van der Waals surface area contributed by atoms with Crippen molar-refractivity contribution in [3.8, 4) is 17.6 Å². The lowest BCUT2D eigenvalue weighted by atomic mass is 9.75. The van der Waals surface area contributed by atoms with Gasteiger partial charge in [-0.15, -0.1) is 0 Å². The number of hydrogen-bond donors (Lipinski definition) is 3. The first-order chi connectivity index (χ1) is 16.9. The van der Waals surface area contributed by atoms with Gasteiger partial charge < -0.3 is 24.7 Å². The Hall–Kier alpha value is -3.16. The van der Waals surface area contributed by atoms with E-state index in [9.17, 15) is 10.1 Å². The highest BCUT2D eigenvalue weighted by Crippen LogP contribution is 2.45. The van der Waals surface area contributed by atoms with Gasteiger partial charge in [0.15, 0.2) is 17.7 Å². The Balaban J connectivity index is 1.68. The smallest absolute Gasteiger partial charge is 0.307 e. The molecule has 2 aromatic carbocycles. The largest absolute Gasteiger partial charge is 0.493 e. The number of nitrogens with zero attached hydrogens (tertiary/aromatic N) is 1. The topological polar surface area (TPSA) is 128 Å². The Labute approximate surface area is 212 Å². The average molecular weight is 519 g/mol. The Morgan fingerprint density at radius 1 is 1.14 bits per heavy atom. The van der Waals surface area contributed by atoms with Crippen LogP contribution in [0.1, 0.15) is 23.5 Å². The molecule has 0 spiro atoms. The highest BCUT2D eigenvalue weighted by atomic mass is 35.5. The zero-order valence-electron chi connectivity index (χ0n) is 19.0. The standard InChI is InChI=1S/C24H24Cl2N4O5/c1-32-18-6-4-13(8-19(18)34-11-12-3-5-15(25)16(26)7-12)21-14(10-27)23(28)35-24-22(21)17(29-30-24)9-20(31)33-2/h3-8,17,21-22,24,29-30H,9,11,28H2,1-2H3. The molecule has 2 aromatic rings. The van der Waals surface area contributed by atoms with Gasteiger partial charge in [0.25, 0.3) is 0 Å². The molecular weight excluding hydrogens is 495 g/mol. The molecule has 0 amide bonds. The molecule has 184 valence electrons. The van der Waals surface area contributed by atoms with Gasteiger partial charge in [-0.2, -0.15) is 5.26 Å². The van der Waals surface area contributed by atoms with Crippen molar-refractivity contribution in [2.24, 2.45) is 11.7 Å². The summed E-state index contributed by atoms with van der Waals surface area (Å²) in [4.78, 5) is 12.0. The average Bonchev–Trinajstić information content (AvgIpc) is 3.25. The number of esters is 1. The summed E-state index contributed by atoms with van der Waals surface area (Å²) in [6.07, 6.45) is -0.464. The van der Waals surface area contributed by atoms with Gasteiger partial charge in [0.1, 0.15) is 12.7 Å². The number of fused-ring (bicyclic) bond motifs is 1. The lowest BCUT2D eigenvalue weighted by Crippen LogP contribution is -2.41. The van der Waals surface area contributed by atoms with Gasteiger partial charge in [0.05, 0.1) is 36.3 Å². The maximum Gasteiger partial charge on any atom is 0.307 e. The van der Waals surface area contributed by atoms with Crippen LogP contribution in [0.15, 0.2) is 47.9 Å². The van der Waals surface area contributed by atoms with Crippen LogP contribution in [0.2, 0.25) is 10.0 Å². The quantitative estimate of drug-likeness (QED) is 0.472. The van der Waals surface area contributed by atoms with Gasteiger partial charge >= 0.3 is 5.97 Å². The molecule has 9 nitrogen and oxygen atoms in total. The van der Waals surface area contributed by atoms with Gasteiger partial charge in [-0.1, -0.05) is 35.3 Å². The van der Waals surface area contributed by atoms with Crippen LogP contribution >= 0.6 is 23.2 Å². The molecule has 35 heavy (non-hydrogen) atoms. The second-order valence-corrected chi connectivity index (χ2v) is 8.92. The lowest BCUT2D eigenvalue weighted by molar-refractivity contribution is -0.141. The summed E-state index contributed by atoms with van der Waals surface area (Å²) in [5, 5.41) is 10.8. The first-order valence-corrected chi connectivity index (χ1v) is 11.5. The molecule has 0 bridgehead atoms. The van der Waals surface area contributed by atoms with Crippen molar-refractivity contribution in [2.45, 2.75) is 31.2 Å². The number of allylic oxidation sites excluding steroid dienone is 1. The lowest BCUT2D eigenvalue weighted by Gasteiger charge is -2.35. The minimum atomic E-state index is -0.547. The summed E-state index contributed by atoms with van der Waals surface area (Å²) in [7, 11) is 2.87. The zero-order chi connectivity index (χ0) is 25.1. The van der Waals surface area contributed by atoms with Gasteiger partial charge in [-0.25, -0.2) is 5.43 Å². The third-order valence-electron chi connectivity index (χ3n) is 6.10. The predicted molar refractivity (Wildman–Crippen MR) is 128 cm³/mol. The molecule has 4 atom stereocenters. The highest BCUT2D eigenvalue weighted by molar-refractivity contribution is 6.42. The molecule has 4 unspecified atom stereocenters. The Morgan fingerprint density at radius 2 is 1.94 bits per heavy atom. The molecule has 1 fully saturated rings. The number of carbonyl (C=O) groups excluding carboxylic acids is 1. The van der Waals surface area contributed by atoms with Crippen LogP contribution in [-0.4, -0.2) is 32.5 Å². The zero-order valence-corrected chi connectivity index (χ0v) is 20.5. The van der Waals surface area contributed by atoms with Crippen LogP contribution in [0.5, 0.6) is 11.5 Å². The number of benzene rings is 2. The second kappa shape index (κ2) is 10.6. The van der Waals surface area contributed by atoms with Crippen LogP contribution in [0.4, 0.5) is 0 Å². The van der Waals surface area contributed by atoms with Crippen LogP contribution in [0.3, 0.4) is 0 Å². The minimum Gasteiger partial charge on any atom is -0.493 e. The van der Waals surface area contributed by atoms with Gasteiger partial charge in [0, 0.05) is 17.9 Å². The van der Waals surface area contributed by atoms with Crippen molar-refractivity contribution >= 4 is 29.2 Å². The predicted octanol–water partition coefficient (Wildman–Crippen LogP) is 3.37. The molecule has 11 heteroatoms. The van der Waals surface area contributed by atoms with E-state index in [-0.39, 0.29) is 42.4 Å². The molecule has 0 aromatic heterocycles. The van der Waals surface area contributed by atoms with Crippen molar-refractivity contribution in [2.75, 3.05) is 14.2 Å². The fraction of sp³-hybridized carbons (Fsp3) is 0.333. The number of hydrazine groups is 1. The van der Waals surface area contributed by atoms with Crippen molar-refractivity contribution < 1.29 is 23.7 Å². The summed E-state index contributed by atoms with van der Waals surface area (Å²) in [6.45, 7) is 0.216. The first-order valence-electron chi connectivity index (χ1n) is 10.7. The molecule has 4 rings (SSSR count). The van der Waals surface area contributed by atoms with E-state index in [1.165, 1.54) is 7.11 Å². The van der Waals surface area contributed by atoms with E-state index in [2.05, 4.69) is 16.9 Å². The molecule has 2 aliphatic heterocycles. The molecule has 4 N–H and O–H groups in total. The number of carbonyl (C=O) groups is 1. The number of ether oxygens (including phenoxy) is 4. The number of halogens is 2. The number of rotatable bonds is 7. The molecule has 2 heterocycles. The summed E-state index contributed by atoms with van der Waals surface area (Å²) < 4.78 is 22.1. The third kappa shape index (κ3) is 5.11. The van der Waals surface area contributed by atoms with Crippen molar-refractivity contribution in [1.29, 1.82) is 5.26 Å². The summed E-state index contributed by atoms with van der Waals surface area (Å²) in [5.74, 6) is -0.174. The summed E-state index contributed by atoms with van der Waals surface area (Å²) >= 11 is 12.1. The van der Waals surface area contributed by atoms with E-state index < -0.39 is 12.1 Å². The maximum absolute atomic E-state index is 12.0. The van der Waals surface area contributed by atoms with E-state index in [0.717, 1.165) is 11.1 Å². The number of hydrogen-bond acceptors (Lipinski definition) is 9. The van der Waals surface area contributed by atoms with Gasteiger partial charge in [-0.3, -0.25) is 10.2 Å². The van der Waals surface area contributed by atoms with Crippen molar-refractivity contribution in [3.63, 3.8) is 0 Å². The van der Waals surface area contributed by atoms with E-state index >= 15 is 0 Å². The van der Waals surface area contributed by atoms with Crippen molar-refractivity contribution in [3.05, 3.63) is 69.0 Å². The number of nitrogens with two attached hydrogens (primary N) is 1. The fourth-order valence-electron chi connectivity index (χ4n) is 4.41. The Bertz CT molecular complexity index is 1200. The third-order valence-corrected chi connectivity index (χ3v) is 6.84. The monoisotopic (exact) mass is 518 g/mol. The van der Waals surface area contributed by atoms with Crippen molar-refractivity contribution in [1.82, 2.24) is 10.9 Å². The van der Waals surface area contributed by atoms with Gasteiger partial charge in [-0.05, 0) is 35.4 Å². The molecule has 0 radical (unpaired) electrons. The molecule has 2 aliphatic rings. The Kier molecular flexibility index (Phi) is 7.57. The first kappa shape index (κ1) is 24.9. The maximum atomic E-state index is 12.0. The second-order valence-electron chi connectivity index (χ2n) is 8.11. The van der Waals surface area contributed by atoms with Gasteiger partial charge in [0.2, 0.25) is 5.88 Å². The molecule has 0 aliphatic carbocycles. The molecular formula is C24H24Cl2N4O5. The van der Waals surface area contributed by atoms with E-state index in [1.807, 2.05) is 18.2 Å². The Morgan fingerprint density at radius 3 is 2.63 bits per heavy atom. The normalized spacial score (nSPS) is 23.2. The summed E-state index contributed by atoms with van der Waals surface area (Å²) in [6, 6.07) is 12.5. The molecule has 1 saturated heterocycles. The van der Waals surface area contributed by atoms with E-state index in [1.54, 1.807) is 25.3 Å². The van der Waals surface area contributed by atoms with Crippen LogP contribution < -0.4 is 26.1 Å². The van der Waals surface area contributed by atoms with E-state index in [0.29, 0.717) is 21.5 Å². The van der Waals surface area contributed by atoms with Crippen LogP contribution in [-0.2, 0) is 20.9 Å². The minimum absolute atomic E-state index is 0.0286. The highest BCUT2D eigenvalue weighted by Gasteiger charge is 2.49. The van der Waals surface area contributed by atoms with E-state index in [4.69, 9.17) is 47.9 Å². The van der Waals surface area contributed by atoms with Crippen LogP contribution in [0, 0.1) is 17.2 Å². The number of nitriles is 1. The SMILES string of the molecule is COC(=O)CC1NNC2OC(N)=C(C#N)C(c3ccc(OC)c(OCc4ccc(Cl)c(Cl)c4)c3)C12. The van der Waals surface area contributed by atoms with Crippen LogP contribution in [0.25, 0.3) is 0 Å². The summed E-state index contributed by atoms with van der Waals surface area (Å²) in [5.41, 5.74) is 14.0. The molecule has 0 saturated carbocycles. The number of nitrogens with one attached hydrogen (secondary N) is 2. The fourth-order valence-corrected chi connectivity index (χ4v) is 4.73. The number of methoxy groups -OCH3 is 2.